The van der Waals surface area contributed by atoms with Gasteiger partial charge in [0, 0.05) is 18.8 Å². The van der Waals surface area contributed by atoms with Gasteiger partial charge in [-0.2, -0.15) is 5.10 Å². The maximum Gasteiger partial charge on any atom is 0.274 e. The van der Waals surface area contributed by atoms with Crippen LogP contribution in [0.3, 0.4) is 0 Å². The van der Waals surface area contributed by atoms with Crippen LogP contribution in [-0.2, 0) is 4.74 Å². The van der Waals surface area contributed by atoms with Crippen LogP contribution in [0.4, 0.5) is 4.39 Å². The van der Waals surface area contributed by atoms with Crippen molar-refractivity contribution in [2.24, 2.45) is 0 Å². The van der Waals surface area contributed by atoms with E-state index >= 15 is 0 Å². The molecule has 0 radical (unpaired) electrons. The third-order valence-electron chi connectivity index (χ3n) is 4.13. The minimum Gasteiger partial charge on any atom is -0.396 e. The molecule has 1 amide bonds. The molecule has 1 saturated heterocycles. The van der Waals surface area contributed by atoms with Crippen LogP contribution in [0.5, 0.6) is 0 Å². The van der Waals surface area contributed by atoms with Gasteiger partial charge in [-0.05, 0) is 43.7 Å². The van der Waals surface area contributed by atoms with Gasteiger partial charge in [-0.15, -0.1) is 0 Å². The van der Waals surface area contributed by atoms with Crippen molar-refractivity contribution in [2.45, 2.75) is 19.4 Å². The number of morpholine rings is 1. The highest BCUT2D eigenvalue weighted by Gasteiger charge is 2.29. The zero-order valence-electron chi connectivity index (χ0n) is 13.5. The Bertz CT molecular complexity index is 712. The molecule has 1 aromatic heterocycles. The number of carbonyl (C=O) groups excluding carboxylic acids is 1. The van der Waals surface area contributed by atoms with E-state index in [2.05, 4.69) is 5.10 Å². The van der Waals surface area contributed by atoms with Gasteiger partial charge >= 0.3 is 0 Å². The molecule has 7 heteroatoms. The molecule has 24 heavy (non-hydrogen) atoms. The molecule has 6 nitrogen and oxygen atoms in total. The van der Waals surface area contributed by atoms with Crippen LogP contribution < -0.4 is 0 Å². The number of aliphatic hydroxyl groups is 1. The standard InChI is InChI=1S/C17H20FN3O3/c1-12-10-16(19-21(12)14-4-2-13(18)3-5-14)17(23)20-7-9-24-11-15(20)6-8-22/h2-5,10,15,22H,6-9,11H2,1H3. The first kappa shape index (κ1) is 16.6. The van der Waals surface area contributed by atoms with Crippen molar-refractivity contribution in [1.29, 1.82) is 0 Å². The Morgan fingerprint density at radius 3 is 2.88 bits per heavy atom. The average Bonchev–Trinajstić information content (AvgIpc) is 2.98. The van der Waals surface area contributed by atoms with Crippen LogP contribution in [0.1, 0.15) is 22.6 Å². The van der Waals surface area contributed by atoms with E-state index in [1.54, 1.807) is 27.8 Å². The summed E-state index contributed by atoms with van der Waals surface area (Å²) >= 11 is 0. The van der Waals surface area contributed by atoms with Gasteiger partial charge in [0.15, 0.2) is 5.69 Å². The molecule has 0 saturated carbocycles. The number of benzene rings is 1. The fraction of sp³-hybridized carbons (Fsp3) is 0.412. The van der Waals surface area contributed by atoms with E-state index in [4.69, 9.17) is 9.84 Å². The van der Waals surface area contributed by atoms with Crippen molar-refractivity contribution in [2.75, 3.05) is 26.4 Å². The Hall–Kier alpha value is -2.25. The molecule has 0 bridgehead atoms. The van der Waals surface area contributed by atoms with E-state index in [1.165, 1.54) is 12.1 Å². The quantitative estimate of drug-likeness (QED) is 0.922. The number of ether oxygens (including phenoxy) is 1. The highest BCUT2D eigenvalue weighted by molar-refractivity contribution is 5.92. The highest BCUT2D eigenvalue weighted by Crippen LogP contribution is 2.17. The number of aromatic nitrogens is 2. The van der Waals surface area contributed by atoms with Gasteiger partial charge in [0.25, 0.3) is 5.91 Å². The van der Waals surface area contributed by atoms with Crippen molar-refractivity contribution in [3.63, 3.8) is 0 Å². The molecule has 2 heterocycles. The Balaban J connectivity index is 1.85. The summed E-state index contributed by atoms with van der Waals surface area (Å²) in [6.45, 7) is 3.22. The number of amides is 1. The molecule has 2 aromatic rings. The zero-order valence-corrected chi connectivity index (χ0v) is 13.5. The van der Waals surface area contributed by atoms with Crippen LogP contribution in [0.25, 0.3) is 5.69 Å². The van der Waals surface area contributed by atoms with Gasteiger partial charge in [0.1, 0.15) is 5.82 Å². The third-order valence-corrected chi connectivity index (χ3v) is 4.13. The number of aryl methyl sites for hydroxylation is 1. The molecule has 128 valence electrons. The number of hydrogen-bond donors (Lipinski definition) is 1. The average molecular weight is 333 g/mol. The number of hydrogen-bond acceptors (Lipinski definition) is 4. The molecule has 0 spiro atoms. The Labute approximate surface area is 139 Å². The minimum atomic E-state index is -0.319. The monoisotopic (exact) mass is 333 g/mol. The van der Waals surface area contributed by atoms with Gasteiger partial charge in [0.05, 0.1) is 24.9 Å². The smallest absolute Gasteiger partial charge is 0.274 e. The summed E-state index contributed by atoms with van der Waals surface area (Å²) in [5.41, 5.74) is 1.82. The van der Waals surface area contributed by atoms with Crippen LogP contribution >= 0.6 is 0 Å². The van der Waals surface area contributed by atoms with E-state index < -0.39 is 0 Å². The predicted molar refractivity (Wildman–Crippen MR) is 85.6 cm³/mol. The molecule has 0 aliphatic carbocycles. The third kappa shape index (κ3) is 3.32. The van der Waals surface area contributed by atoms with Crippen LogP contribution in [0, 0.1) is 12.7 Å². The summed E-state index contributed by atoms with van der Waals surface area (Å²) in [5, 5.41) is 13.5. The van der Waals surface area contributed by atoms with Gasteiger partial charge in [-0.1, -0.05) is 0 Å². The Morgan fingerprint density at radius 1 is 1.42 bits per heavy atom. The highest BCUT2D eigenvalue weighted by atomic mass is 19.1. The summed E-state index contributed by atoms with van der Waals surface area (Å²) < 4.78 is 20.1. The summed E-state index contributed by atoms with van der Waals surface area (Å²) in [6, 6.07) is 7.53. The van der Waals surface area contributed by atoms with Gasteiger partial charge in [0.2, 0.25) is 0 Å². The molecule has 1 aromatic carbocycles. The van der Waals surface area contributed by atoms with Crippen molar-refractivity contribution >= 4 is 5.91 Å². The van der Waals surface area contributed by atoms with E-state index in [9.17, 15) is 9.18 Å². The minimum absolute atomic E-state index is 0.000848. The molecule has 1 unspecified atom stereocenters. The van der Waals surface area contributed by atoms with Crippen LogP contribution in [-0.4, -0.2) is 58.1 Å². The first-order valence-electron chi connectivity index (χ1n) is 7.92. The first-order valence-corrected chi connectivity index (χ1v) is 7.92. The lowest BCUT2D eigenvalue weighted by Gasteiger charge is -2.34. The second-order valence-corrected chi connectivity index (χ2v) is 5.80. The predicted octanol–water partition coefficient (Wildman–Crippen LogP) is 1.54. The first-order chi connectivity index (χ1) is 11.6. The lowest BCUT2D eigenvalue weighted by Crippen LogP contribution is -2.49. The van der Waals surface area contributed by atoms with E-state index in [1.807, 2.05) is 6.92 Å². The van der Waals surface area contributed by atoms with E-state index in [0.29, 0.717) is 37.6 Å². The second-order valence-electron chi connectivity index (χ2n) is 5.80. The topological polar surface area (TPSA) is 67.6 Å². The summed E-state index contributed by atoms with van der Waals surface area (Å²) in [4.78, 5) is 14.5. The number of aliphatic hydroxyl groups excluding tert-OH is 1. The molecular formula is C17H20FN3O3. The van der Waals surface area contributed by atoms with Crippen molar-refractivity contribution in [1.82, 2.24) is 14.7 Å². The molecule has 1 fully saturated rings. The van der Waals surface area contributed by atoms with Crippen molar-refractivity contribution < 1.29 is 19.0 Å². The summed E-state index contributed by atoms with van der Waals surface area (Å²) in [6.07, 6.45) is 0.476. The summed E-state index contributed by atoms with van der Waals surface area (Å²) in [7, 11) is 0. The maximum absolute atomic E-state index is 13.1. The molecule has 1 N–H and O–H groups in total. The fourth-order valence-corrected chi connectivity index (χ4v) is 2.88. The second kappa shape index (κ2) is 7.11. The van der Waals surface area contributed by atoms with E-state index in [-0.39, 0.29) is 24.4 Å². The fourth-order valence-electron chi connectivity index (χ4n) is 2.88. The molecule has 1 atom stereocenters. The lowest BCUT2D eigenvalue weighted by atomic mass is 10.1. The lowest BCUT2D eigenvalue weighted by molar-refractivity contribution is -0.00860. The SMILES string of the molecule is Cc1cc(C(=O)N2CCOCC2CCO)nn1-c1ccc(F)cc1. The van der Waals surface area contributed by atoms with Crippen LogP contribution in [0.2, 0.25) is 0 Å². The number of rotatable bonds is 4. The Kier molecular flexibility index (Phi) is 4.92. The van der Waals surface area contributed by atoms with Crippen molar-refractivity contribution in [3.05, 3.63) is 47.5 Å². The van der Waals surface area contributed by atoms with Gasteiger partial charge in [-0.25, -0.2) is 9.07 Å². The van der Waals surface area contributed by atoms with Crippen LogP contribution in [0.15, 0.2) is 30.3 Å². The van der Waals surface area contributed by atoms with Gasteiger partial charge in [-0.3, -0.25) is 4.79 Å². The number of halogens is 1. The molecular weight excluding hydrogens is 313 g/mol. The van der Waals surface area contributed by atoms with Gasteiger partial charge < -0.3 is 14.7 Å². The zero-order chi connectivity index (χ0) is 17.1. The normalized spacial score (nSPS) is 18.0. The Morgan fingerprint density at radius 2 is 2.17 bits per heavy atom. The number of nitrogens with zero attached hydrogens (tertiary/aromatic N) is 3. The largest absolute Gasteiger partial charge is 0.396 e. The molecule has 1 aliphatic heterocycles. The summed E-state index contributed by atoms with van der Waals surface area (Å²) in [5.74, 6) is -0.499. The molecule has 3 rings (SSSR count). The molecule has 1 aliphatic rings. The maximum atomic E-state index is 13.1. The van der Waals surface area contributed by atoms with E-state index in [0.717, 1.165) is 5.69 Å². The van der Waals surface area contributed by atoms with Crippen molar-refractivity contribution in [3.8, 4) is 5.69 Å². The number of carbonyl (C=O) groups is 1.